The number of rotatable bonds is 7. The molecule has 35 heavy (non-hydrogen) atoms. The minimum absolute atomic E-state index is 0.0222. The van der Waals surface area contributed by atoms with Crippen LogP contribution in [0.3, 0.4) is 0 Å². The first-order valence-corrected chi connectivity index (χ1v) is 12.6. The number of hydrogen-bond acceptors (Lipinski definition) is 4. The van der Waals surface area contributed by atoms with Gasteiger partial charge >= 0.3 is 12.1 Å². The van der Waals surface area contributed by atoms with E-state index in [4.69, 9.17) is 4.74 Å². The number of alkyl carbamates (subject to hydrolysis) is 1. The Bertz CT molecular complexity index is 1100. The lowest BCUT2D eigenvalue weighted by atomic mass is 9.81. The van der Waals surface area contributed by atoms with Gasteiger partial charge in [0.15, 0.2) is 0 Å². The van der Waals surface area contributed by atoms with Crippen LogP contribution in [0.4, 0.5) is 4.79 Å². The summed E-state index contributed by atoms with van der Waals surface area (Å²) in [6, 6.07) is 16.0. The lowest BCUT2D eigenvalue weighted by Gasteiger charge is -2.24. The summed E-state index contributed by atoms with van der Waals surface area (Å²) < 4.78 is 5.63. The van der Waals surface area contributed by atoms with Crippen LogP contribution < -0.4 is 5.32 Å². The number of carboxylic acids is 1. The number of aliphatic carboxylic acids is 1. The van der Waals surface area contributed by atoms with E-state index in [1.165, 1.54) is 11.1 Å². The summed E-state index contributed by atoms with van der Waals surface area (Å²) >= 11 is 0. The molecule has 0 bridgehead atoms. The average Bonchev–Trinajstić information content (AvgIpc) is 3.52. The second-order valence-corrected chi connectivity index (χ2v) is 10.1. The van der Waals surface area contributed by atoms with Crippen LogP contribution in [0.25, 0.3) is 11.1 Å². The smallest absolute Gasteiger partial charge is 0.407 e. The summed E-state index contributed by atoms with van der Waals surface area (Å²) in [4.78, 5) is 39.2. The van der Waals surface area contributed by atoms with E-state index in [2.05, 4.69) is 29.6 Å². The fourth-order valence-corrected chi connectivity index (χ4v) is 6.27. The molecule has 2 aliphatic carbocycles. The van der Waals surface area contributed by atoms with Crippen molar-refractivity contribution in [3.63, 3.8) is 0 Å². The van der Waals surface area contributed by atoms with Gasteiger partial charge in [0.25, 0.3) is 0 Å². The maximum Gasteiger partial charge on any atom is 0.407 e. The number of benzene rings is 2. The molecule has 1 saturated carbocycles. The summed E-state index contributed by atoms with van der Waals surface area (Å²) in [6.45, 7) is 2.90. The highest BCUT2D eigenvalue weighted by Gasteiger charge is 2.55. The Hall–Kier alpha value is -3.35. The number of carbonyl (C=O) groups is 3. The minimum atomic E-state index is -0.794. The van der Waals surface area contributed by atoms with E-state index in [1.807, 2.05) is 31.2 Å². The summed E-state index contributed by atoms with van der Waals surface area (Å²) in [7, 11) is 0. The van der Waals surface area contributed by atoms with Crippen LogP contribution in [0.2, 0.25) is 0 Å². The van der Waals surface area contributed by atoms with Gasteiger partial charge in [-0.2, -0.15) is 0 Å². The van der Waals surface area contributed by atoms with Gasteiger partial charge in [-0.15, -0.1) is 0 Å². The van der Waals surface area contributed by atoms with Gasteiger partial charge in [-0.25, -0.2) is 4.79 Å². The molecular formula is C28H32N2O5. The lowest BCUT2D eigenvalue weighted by Crippen LogP contribution is -2.41. The molecule has 2 unspecified atom stereocenters. The van der Waals surface area contributed by atoms with Crippen molar-refractivity contribution in [1.82, 2.24) is 10.2 Å². The van der Waals surface area contributed by atoms with Crippen LogP contribution in [-0.4, -0.2) is 53.7 Å². The number of fused-ring (bicyclic) bond motifs is 4. The summed E-state index contributed by atoms with van der Waals surface area (Å²) in [5.41, 5.74) is 3.84. The molecule has 0 spiro atoms. The molecule has 1 aliphatic heterocycles. The lowest BCUT2D eigenvalue weighted by molar-refractivity contribution is -0.149. The fraction of sp³-hybridized carbons (Fsp3) is 0.464. The SMILES string of the molecule is CC[C@H](CC(=O)N1CC2CCCC2(C(=O)O)C1)NC(=O)OCC1c2ccccc2-c2ccccc21. The third-order valence-corrected chi connectivity index (χ3v) is 8.23. The molecule has 2 N–H and O–H groups in total. The van der Waals surface area contributed by atoms with E-state index in [1.54, 1.807) is 4.90 Å². The van der Waals surface area contributed by atoms with Crippen molar-refractivity contribution < 1.29 is 24.2 Å². The van der Waals surface area contributed by atoms with E-state index < -0.39 is 17.5 Å². The Balaban J connectivity index is 1.17. The third kappa shape index (κ3) is 4.17. The molecule has 2 amide bonds. The minimum Gasteiger partial charge on any atom is -0.481 e. The van der Waals surface area contributed by atoms with Gasteiger partial charge in [-0.3, -0.25) is 9.59 Å². The van der Waals surface area contributed by atoms with Gasteiger partial charge in [0.2, 0.25) is 5.91 Å². The normalized spacial score (nSPS) is 23.3. The summed E-state index contributed by atoms with van der Waals surface area (Å²) in [5, 5.41) is 12.6. The molecule has 5 rings (SSSR count). The van der Waals surface area contributed by atoms with Crippen LogP contribution in [0.5, 0.6) is 0 Å². The van der Waals surface area contributed by atoms with Crippen LogP contribution in [0, 0.1) is 11.3 Å². The number of likely N-dealkylation sites (tertiary alicyclic amines) is 1. The highest BCUT2D eigenvalue weighted by molar-refractivity contribution is 5.82. The fourth-order valence-electron chi connectivity index (χ4n) is 6.27. The summed E-state index contributed by atoms with van der Waals surface area (Å²) in [6.07, 6.45) is 2.57. The van der Waals surface area contributed by atoms with Gasteiger partial charge in [-0.05, 0) is 47.4 Å². The van der Waals surface area contributed by atoms with Crippen molar-refractivity contribution in [2.24, 2.45) is 11.3 Å². The van der Waals surface area contributed by atoms with Gasteiger partial charge in [0, 0.05) is 31.5 Å². The van der Waals surface area contributed by atoms with Crippen LogP contribution >= 0.6 is 0 Å². The Morgan fingerprint density at radius 3 is 2.37 bits per heavy atom. The predicted octanol–water partition coefficient (Wildman–Crippen LogP) is 4.41. The zero-order valence-corrected chi connectivity index (χ0v) is 20.0. The number of nitrogens with zero attached hydrogens (tertiary/aromatic N) is 1. The van der Waals surface area contributed by atoms with Crippen LogP contribution in [0.15, 0.2) is 48.5 Å². The van der Waals surface area contributed by atoms with Crippen molar-refractivity contribution in [2.75, 3.05) is 19.7 Å². The first-order valence-electron chi connectivity index (χ1n) is 12.6. The predicted molar refractivity (Wildman–Crippen MR) is 131 cm³/mol. The molecule has 3 aliphatic rings. The maximum atomic E-state index is 13.0. The standard InChI is InChI=1S/C28H32N2O5/c1-2-19(14-25(31)30-15-18-8-7-13-28(18,17-30)26(32)33)29-27(34)35-16-24-22-11-5-3-9-20(22)21-10-4-6-12-23(21)24/h3-6,9-12,18-19,24H,2,7-8,13-17H2,1H3,(H,29,34)(H,32,33)/t18?,19-,28?/m1/s1. The molecule has 184 valence electrons. The van der Waals surface area contributed by atoms with Crippen molar-refractivity contribution in [3.8, 4) is 11.1 Å². The number of hydrogen-bond donors (Lipinski definition) is 2. The van der Waals surface area contributed by atoms with E-state index in [9.17, 15) is 19.5 Å². The van der Waals surface area contributed by atoms with Gasteiger partial charge in [0.1, 0.15) is 6.61 Å². The van der Waals surface area contributed by atoms with E-state index in [0.29, 0.717) is 19.4 Å². The van der Waals surface area contributed by atoms with E-state index >= 15 is 0 Å². The highest BCUT2D eigenvalue weighted by Crippen LogP contribution is 2.49. The Kier molecular flexibility index (Phi) is 6.26. The molecule has 7 heteroatoms. The molecule has 1 saturated heterocycles. The van der Waals surface area contributed by atoms with Gasteiger partial charge in [-0.1, -0.05) is 61.9 Å². The second-order valence-electron chi connectivity index (χ2n) is 10.1. The zero-order chi connectivity index (χ0) is 24.6. The highest BCUT2D eigenvalue weighted by atomic mass is 16.5. The first-order chi connectivity index (χ1) is 16.9. The molecule has 0 radical (unpaired) electrons. The number of nitrogens with one attached hydrogen (secondary N) is 1. The van der Waals surface area contributed by atoms with Crippen molar-refractivity contribution in [1.29, 1.82) is 0 Å². The molecule has 1 heterocycles. The van der Waals surface area contributed by atoms with E-state index in [-0.39, 0.29) is 43.4 Å². The van der Waals surface area contributed by atoms with Crippen molar-refractivity contribution in [3.05, 3.63) is 59.7 Å². The first kappa shape index (κ1) is 23.4. The zero-order valence-electron chi connectivity index (χ0n) is 20.0. The molecule has 2 aromatic carbocycles. The van der Waals surface area contributed by atoms with Gasteiger partial charge < -0.3 is 20.1 Å². The van der Waals surface area contributed by atoms with Crippen molar-refractivity contribution in [2.45, 2.75) is 51.0 Å². The summed E-state index contributed by atoms with van der Waals surface area (Å²) in [5.74, 6) is -0.893. The van der Waals surface area contributed by atoms with Crippen LogP contribution in [-0.2, 0) is 14.3 Å². The number of carboxylic acid groups (broad SMARTS) is 1. The Morgan fingerprint density at radius 2 is 1.77 bits per heavy atom. The van der Waals surface area contributed by atoms with Crippen LogP contribution in [0.1, 0.15) is 56.1 Å². The third-order valence-electron chi connectivity index (χ3n) is 8.23. The average molecular weight is 477 g/mol. The number of carbonyl (C=O) groups excluding carboxylic acids is 2. The Labute approximate surface area is 205 Å². The quantitative estimate of drug-likeness (QED) is 0.617. The van der Waals surface area contributed by atoms with E-state index in [0.717, 1.165) is 24.0 Å². The second kappa shape index (κ2) is 9.36. The molecule has 2 fully saturated rings. The molecular weight excluding hydrogens is 444 g/mol. The van der Waals surface area contributed by atoms with Gasteiger partial charge in [0.05, 0.1) is 5.41 Å². The van der Waals surface area contributed by atoms with Crippen molar-refractivity contribution >= 4 is 18.0 Å². The largest absolute Gasteiger partial charge is 0.481 e. The molecule has 0 aromatic heterocycles. The number of ether oxygens (including phenoxy) is 1. The monoisotopic (exact) mass is 476 g/mol. The molecule has 2 aromatic rings. The topological polar surface area (TPSA) is 95.9 Å². The Morgan fingerprint density at radius 1 is 1.11 bits per heavy atom. The molecule has 7 nitrogen and oxygen atoms in total. The molecule has 3 atom stereocenters. The maximum absolute atomic E-state index is 13.0. The number of amides is 2.